The second-order valence-electron chi connectivity index (χ2n) is 5.08. The Kier molecular flexibility index (Phi) is 3.89. The summed E-state index contributed by atoms with van der Waals surface area (Å²) in [5.41, 5.74) is 0.666. The predicted octanol–water partition coefficient (Wildman–Crippen LogP) is 3.48. The smallest absolute Gasteiger partial charge is 0.153 e. The Morgan fingerprint density at radius 3 is 2.75 bits per heavy atom. The Hall–Kier alpha value is -1.20. The highest BCUT2D eigenvalue weighted by Crippen LogP contribution is 2.25. The molecule has 0 radical (unpaired) electrons. The summed E-state index contributed by atoms with van der Waals surface area (Å²) in [4.78, 5) is 4.20. The van der Waals surface area contributed by atoms with E-state index >= 15 is 0 Å². The molecule has 6 heteroatoms. The Morgan fingerprint density at radius 2 is 2.05 bits per heavy atom. The lowest BCUT2D eigenvalue weighted by molar-refractivity contribution is 0.0614. The van der Waals surface area contributed by atoms with E-state index < -0.39 is 11.6 Å². The third-order valence-corrected chi connectivity index (χ3v) is 3.99. The van der Waals surface area contributed by atoms with Crippen molar-refractivity contribution in [2.75, 3.05) is 13.2 Å². The maximum absolute atomic E-state index is 13.8. The van der Waals surface area contributed by atoms with Gasteiger partial charge in [0.2, 0.25) is 0 Å². The van der Waals surface area contributed by atoms with E-state index in [-0.39, 0.29) is 11.4 Å². The number of rotatable bonds is 3. The van der Waals surface area contributed by atoms with Gasteiger partial charge in [-0.25, -0.2) is 13.8 Å². The molecule has 1 aromatic carbocycles. The molecule has 1 aliphatic rings. The van der Waals surface area contributed by atoms with Crippen LogP contribution in [-0.4, -0.2) is 22.8 Å². The molecule has 1 aromatic heterocycles. The van der Waals surface area contributed by atoms with Gasteiger partial charge in [-0.3, -0.25) is 0 Å². The molecule has 0 amide bonds. The first-order valence-corrected chi connectivity index (χ1v) is 7.20. The van der Waals surface area contributed by atoms with E-state index in [4.69, 9.17) is 16.3 Å². The minimum atomic E-state index is -0.642. The van der Waals surface area contributed by atoms with Crippen molar-refractivity contribution in [1.29, 1.82) is 0 Å². The van der Waals surface area contributed by atoms with Crippen molar-refractivity contribution >= 4 is 22.6 Å². The molecule has 0 saturated carbocycles. The SMILES string of the molecule is Fc1cc(F)c2nc(CCl)n(CC3CCOCC3)c2c1. The van der Waals surface area contributed by atoms with Crippen molar-refractivity contribution in [1.82, 2.24) is 9.55 Å². The van der Waals surface area contributed by atoms with Crippen molar-refractivity contribution in [3.8, 4) is 0 Å². The fourth-order valence-electron chi connectivity index (χ4n) is 2.69. The standard InChI is InChI=1S/C14H15ClF2N2O/c15-7-13-18-14-11(17)5-10(16)6-12(14)19(13)8-9-1-3-20-4-2-9/h5-6,9H,1-4,7-8H2. The highest BCUT2D eigenvalue weighted by molar-refractivity contribution is 6.16. The van der Waals surface area contributed by atoms with E-state index in [0.29, 0.717) is 23.8 Å². The molecule has 0 unspecified atom stereocenters. The molecular formula is C14H15ClF2N2O. The largest absolute Gasteiger partial charge is 0.381 e. The lowest BCUT2D eigenvalue weighted by Gasteiger charge is -2.23. The van der Waals surface area contributed by atoms with Crippen LogP contribution >= 0.6 is 11.6 Å². The summed E-state index contributed by atoms with van der Waals surface area (Å²) in [5, 5.41) is 0. The van der Waals surface area contributed by atoms with Crippen LogP contribution in [0.5, 0.6) is 0 Å². The van der Waals surface area contributed by atoms with Crippen molar-refractivity contribution in [2.45, 2.75) is 25.3 Å². The number of alkyl halides is 1. The molecule has 1 saturated heterocycles. The first kappa shape index (κ1) is 13.8. The Morgan fingerprint density at radius 1 is 1.30 bits per heavy atom. The average molecular weight is 301 g/mol. The average Bonchev–Trinajstić information content (AvgIpc) is 2.78. The summed E-state index contributed by atoms with van der Waals surface area (Å²) in [6.07, 6.45) is 1.89. The minimum absolute atomic E-state index is 0.180. The van der Waals surface area contributed by atoms with Gasteiger partial charge in [-0.1, -0.05) is 0 Å². The van der Waals surface area contributed by atoms with Crippen LogP contribution in [0, 0.1) is 17.6 Å². The zero-order chi connectivity index (χ0) is 14.1. The number of ether oxygens (including phenoxy) is 1. The molecule has 0 bridgehead atoms. The van der Waals surface area contributed by atoms with Gasteiger partial charge >= 0.3 is 0 Å². The van der Waals surface area contributed by atoms with Gasteiger partial charge < -0.3 is 9.30 Å². The molecule has 20 heavy (non-hydrogen) atoms. The first-order chi connectivity index (χ1) is 9.69. The predicted molar refractivity (Wildman–Crippen MR) is 72.7 cm³/mol. The summed E-state index contributed by atoms with van der Waals surface area (Å²) >= 11 is 5.89. The van der Waals surface area contributed by atoms with E-state index in [0.717, 1.165) is 32.1 Å². The van der Waals surface area contributed by atoms with Gasteiger partial charge in [-0.15, -0.1) is 11.6 Å². The van der Waals surface area contributed by atoms with Crippen LogP contribution in [0.2, 0.25) is 0 Å². The van der Waals surface area contributed by atoms with Crippen LogP contribution in [0.3, 0.4) is 0 Å². The topological polar surface area (TPSA) is 27.1 Å². The van der Waals surface area contributed by atoms with Crippen LogP contribution in [0.25, 0.3) is 11.0 Å². The number of hydrogen-bond donors (Lipinski definition) is 0. The van der Waals surface area contributed by atoms with E-state index in [9.17, 15) is 8.78 Å². The Bertz CT molecular complexity index is 623. The zero-order valence-corrected chi connectivity index (χ0v) is 11.7. The number of hydrogen-bond acceptors (Lipinski definition) is 2. The lowest BCUT2D eigenvalue weighted by atomic mass is 10.0. The summed E-state index contributed by atoms with van der Waals surface area (Å²) < 4.78 is 34.4. The van der Waals surface area contributed by atoms with Crippen molar-refractivity contribution in [2.24, 2.45) is 5.92 Å². The summed E-state index contributed by atoms with van der Waals surface area (Å²) in [6, 6.07) is 2.17. The van der Waals surface area contributed by atoms with Gasteiger partial charge in [-0.05, 0) is 24.8 Å². The molecule has 2 heterocycles. The molecular weight excluding hydrogens is 286 g/mol. The Balaban J connectivity index is 2.02. The normalized spacial score (nSPS) is 16.9. The molecule has 2 aromatic rings. The van der Waals surface area contributed by atoms with Crippen LogP contribution in [0.1, 0.15) is 18.7 Å². The van der Waals surface area contributed by atoms with Gasteiger partial charge in [0, 0.05) is 25.8 Å². The van der Waals surface area contributed by atoms with Crippen molar-refractivity contribution in [3.05, 3.63) is 29.6 Å². The summed E-state index contributed by atoms with van der Waals surface area (Å²) in [7, 11) is 0. The van der Waals surface area contributed by atoms with Crippen molar-refractivity contribution in [3.63, 3.8) is 0 Å². The van der Waals surface area contributed by atoms with E-state index in [1.807, 2.05) is 4.57 Å². The number of halogens is 3. The highest BCUT2D eigenvalue weighted by atomic mass is 35.5. The fourth-order valence-corrected chi connectivity index (χ4v) is 2.89. The van der Waals surface area contributed by atoms with Gasteiger partial charge in [0.25, 0.3) is 0 Å². The van der Waals surface area contributed by atoms with Crippen LogP contribution < -0.4 is 0 Å². The number of nitrogens with zero attached hydrogens (tertiary/aromatic N) is 2. The molecule has 0 aliphatic carbocycles. The number of aromatic nitrogens is 2. The summed E-state index contributed by atoms with van der Waals surface area (Å²) in [5.74, 6) is -0.0488. The highest BCUT2D eigenvalue weighted by Gasteiger charge is 2.20. The van der Waals surface area contributed by atoms with Crippen LogP contribution in [-0.2, 0) is 17.2 Å². The second kappa shape index (κ2) is 5.66. The third kappa shape index (κ3) is 2.52. The lowest BCUT2D eigenvalue weighted by Crippen LogP contribution is -2.21. The molecule has 3 rings (SSSR count). The van der Waals surface area contributed by atoms with Crippen LogP contribution in [0.4, 0.5) is 8.78 Å². The molecule has 3 nitrogen and oxygen atoms in total. The van der Waals surface area contributed by atoms with Gasteiger partial charge in [0.15, 0.2) is 5.82 Å². The zero-order valence-electron chi connectivity index (χ0n) is 10.9. The van der Waals surface area contributed by atoms with Crippen molar-refractivity contribution < 1.29 is 13.5 Å². The monoisotopic (exact) mass is 300 g/mol. The van der Waals surface area contributed by atoms with E-state index in [1.54, 1.807) is 0 Å². The molecule has 0 N–H and O–H groups in total. The Labute approximate surface area is 120 Å². The van der Waals surface area contributed by atoms with Gasteiger partial charge in [0.05, 0.1) is 11.4 Å². The minimum Gasteiger partial charge on any atom is -0.381 e. The molecule has 1 aliphatic heterocycles. The van der Waals surface area contributed by atoms with Crippen LogP contribution in [0.15, 0.2) is 12.1 Å². The summed E-state index contributed by atoms with van der Waals surface area (Å²) in [6.45, 7) is 2.14. The third-order valence-electron chi connectivity index (χ3n) is 3.75. The number of benzene rings is 1. The van der Waals surface area contributed by atoms with E-state index in [2.05, 4.69) is 4.98 Å². The molecule has 0 atom stereocenters. The number of imidazole rings is 1. The fraction of sp³-hybridized carbons (Fsp3) is 0.500. The van der Waals surface area contributed by atoms with Gasteiger partial charge in [-0.2, -0.15) is 0 Å². The number of fused-ring (bicyclic) bond motifs is 1. The first-order valence-electron chi connectivity index (χ1n) is 6.67. The maximum atomic E-state index is 13.8. The molecule has 108 valence electrons. The quantitative estimate of drug-likeness (QED) is 0.812. The second-order valence-corrected chi connectivity index (χ2v) is 5.35. The molecule has 0 spiro atoms. The molecule has 1 fully saturated rings. The van der Waals surface area contributed by atoms with Gasteiger partial charge in [0.1, 0.15) is 17.2 Å². The van der Waals surface area contributed by atoms with E-state index in [1.165, 1.54) is 6.07 Å². The maximum Gasteiger partial charge on any atom is 0.153 e.